The fourth-order valence-electron chi connectivity index (χ4n) is 1.96. The lowest BCUT2D eigenvalue weighted by Crippen LogP contribution is -2.17. The van der Waals surface area contributed by atoms with Crippen LogP contribution in [0.15, 0.2) is 42.5 Å². The van der Waals surface area contributed by atoms with Crippen molar-refractivity contribution in [3.63, 3.8) is 0 Å². The minimum atomic E-state index is -0.0844. The fourth-order valence-corrected chi connectivity index (χ4v) is 1.96. The number of aromatic hydroxyl groups is 1. The second-order valence-electron chi connectivity index (χ2n) is 4.63. The number of carbonyl (C=O) groups excluding carboxylic acids is 1. The van der Waals surface area contributed by atoms with Gasteiger partial charge in [-0.1, -0.05) is 12.1 Å². The normalized spacial score (nSPS) is 10.1. The molecule has 0 aliphatic heterocycles. The minimum absolute atomic E-state index is 0.0844. The highest BCUT2D eigenvalue weighted by atomic mass is 16.3. The first-order valence-corrected chi connectivity index (χ1v) is 6.44. The van der Waals surface area contributed by atoms with Crippen molar-refractivity contribution in [3.05, 3.63) is 59.2 Å². The predicted molar refractivity (Wildman–Crippen MR) is 80.0 cm³/mol. The van der Waals surface area contributed by atoms with Crippen molar-refractivity contribution in [2.75, 3.05) is 12.4 Å². The van der Waals surface area contributed by atoms with E-state index in [0.717, 1.165) is 16.8 Å². The van der Waals surface area contributed by atoms with Gasteiger partial charge >= 0.3 is 0 Å². The highest BCUT2D eigenvalue weighted by Gasteiger charge is 2.03. The summed E-state index contributed by atoms with van der Waals surface area (Å²) in [7, 11) is 1.62. The summed E-state index contributed by atoms with van der Waals surface area (Å²) in [6.45, 7) is 2.61. The molecule has 0 atom stereocenters. The van der Waals surface area contributed by atoms with Gasteiger partial charge in [-0.3, -0.25) is 4.79 Å². The third-order valence-corrected chi connectivity index (χ3v) is 3.14. The van der Waals surface area contributed by atoms with E-state index in [2.05, 4.69) is 10.6 Å². The van der Waals surface area contributed by atoms with E-state index in [1.807, 2.05) is 25.1 Å². The number of phenolic OH excluding ortho intramolecular Hbond substituents is 1. The van der Waals surface area contributed by atoms with Crippen molar-refractivity contribution in [1.82, 2.24) is 5.32 Å². The van der Waals surface area contributed by atoms with E-state index in [1.165, 1.54) is 0 Å². The number of benzene rings is 2. The van der Waals surface area contributed by atoms with Crippen LogP contribution in [0.5, 0.6) is 5.75 Å². The molecule has 0 saturated carbocycles. The number of phenols is 1. The molecule has 0 fully saturated rings. The van der Waals surface area contributed by atoms with E-state index in [4.69, 9.17) is 0 Å². The first kappa shape index (κ1) is 13.9. The molecule has 4 nitrogen and oxygen atoms in total. The van der Waals surface area contributed by atoms with Crippen molar-refractivity contribution in [2.24, 2.45) is 0 Å². The zero-order valence-electron chi connectivity index (χ0n) is 11.6. The summed E-state index contributed by atoms with van der Waals surface area (Å²) in [4.78, 5) is 11.4. The summed E-state index contributed by atoms with van der Waals surface area (Å²) in [6.07, 6.45) is 0. The van der Waals surface area contributed by atoms with Crippen LogP contribution in [0.1, 0.15) is 21.5 Å². The Kier molecular flexibility index (Phi) is 4.25. The van der Waals surface area contributed by atoms with Crippen LogP contribution in [0.4, 0.5) is 5.69 Å². The number of nitrogens with one attached hydrogen (secondary N) is 2. The number of amides is 1. The molecule has 104 valence electrons. The Bertz CT molecular complexity index is 606. The number of carbonyl (C=O) groups is 1. The highest BCUT2D eigenvalue weighted by molar-refractivity contribution is 5.93. The van der Waals surface area contributed by atoms with Gasteiger partial charge in [-0.25, -0.2) is 0 Å². The zero-order chi connectivity index (χ0) is 14.5. The third kappa shape index (κ3) is 3.29. The molecule has 3 N–H and O–H groups in total. The first-order valence-electron chi connectivity index (χ1n) is 6.44. The SMILES string of the molecule is CNC(=O)c1ccc(CNc2ccc(O)cc2C)cc1. The minimum Gasteiger partial charge on any atom is -0.508 e. The Balaban J connectivity index is 2.02. The van der Waals surface area contributed by atoms with Crippen molar-refractivity contribution in [1.29, 1.82) is 0 Å². The molecule has 20 heavy (non-hydrogen) atoms. The van der Waals surface area contributed by atoms with E-state index < -0.39 is 0 Å². The standard InChI is InChI=1S/C16H18N2O2/c1-11-9-14(19)7-8-15(11)18-10-12-3-5-13(6-4-12)16(20)17-2/h3-9,18-19H,10H2,1-2H3,(H,17,20). The largest absolute Gasteiger partial charge is 0.508 e. The summed E-state index contributed by atoms with van der Waals surface area (Å²) < 4.78 is 0. The Hall–Kier alpha value is -2.49. The molecule has 2 rings (SSSR count). The quantitative estimate of drug-likeness (QED) is 0.748. The van der Waals surface area contributed by atoms with Crippen LogP contribution in [0, 0.1) is 6.92 Å². The van der Waals surface area contributed by atoms with Gasteiger partial charge in [0.25, 0.3) is 5.91 Å². The molecule has 0 aliphatic carbocycles. The van der Waals surface area contributed by atoms with Crippen LogP contribution < -0.4 is 10.6 Å². The number of anilines is 1. The summed E-state index contributed by atoms with van der Waals surface area (Å²) in [5.41, 5.74) is 3.72. The van der Waals surface area contributed by atoms with Crippen LogP contribution in [-0.4, -0.2) is 18.1 Å². The highest BCUT2D eigenvalue weighted by Crippen LogP contribution is 2.20. The molecule has 2 aromatic rings. The van der Waals surface area contributed by atoms with Gasteiger partial charge in [0.1, 0.15) is 5.75 Å². The fraction of sp³-hybridized carbons (Fsp3) is 0.188. The Morgan fingerprint density at radius 3 is 2.45 bits per heavy atom. The van der Waals surface area contributed by atoms with Gasteiger partial charge in [-0.2, -0.15) is 0 Å². The molecule has 4 heteroatoms. The van der Waals surface area contributed by atoms with Crippen molar-refractivity contribution < 1.29 is 9.90 Å². The number of rotatable bonds is 4. The summed E-state index contributed by atoms with van der Waals surface area (Å²) in [5.74, 6) is 0.182. The van der Waals surface area contributed by atoms with Gasteiger partial charge in [0, 0.05) is 24.8 Å². The van der Waals surface area contributed by atoms with Gasteiger partial charge in [-0.05, 0) is 48.4 Å². The maximum Gasteiger partial charge on any atom is 0.251 e. The predicted octanol–water partition coefficient (Wildman–Crippen LogP) is 2.67. The second-order valence-corrected chi connectivity index (χ2v) is 4.63. The lowest BCUT2D eigenvalue weighted by Gasteiger charge is -2.10. The molecule has 0 bridgehead atoms. The summed E-state index contributed by atoms with van der Waals surface area (Å²) >= 11 is 0. The molecule has 2 aromatic carbocycles. The van der Waals surface area contributed by atoms with Crippen LogP contribution in [-0.2, 0) is 6.54 Å². The first-order chi connectivity index (χ1) is 9.60. The van der Waals surface area contributed by atoms with Crippen LogP contribution in [0.3, 0.4) is 0 Å². The zero-order valence-corrected chi connectivity index (χ0v) is 11.6. The smallest absolute Gasteiger partial charge is 0.251 e. The monoisotopic (exact) mass is 270 g/mol. The summed E-state index contributed by atoms with van der Waals surface area (Å²) in [6, 6.07) is 12.7. The third-order valence-electron chi connectivity index (χ3n) is 3.14. The maximum atomic E-state index is 11.4. The Morgan fingerprint density at radius 1 is 1.15 bits per heavy atom. The molecule has 0 aliphatic rings. The van der Waals surface area contributed by atoms with Crippen LogP contribution in [0.25, 0.3) is 0 Å². The lowest BCUT2D eigenvalue weighted by atomic mass is 10.1. The molecule has 0 saturated heterocycles. The van der Waals surface area contributed by atoms with E-state index >= 15 is 0 Å². The average molecular weight is 270 g/mol. The Labute approximate surface area is 118 Å². The van der Waals surface area contributed by atoms with Crippen LogP contribution in [0.2, 0.25) is 0 Å². The second kappa shape index (κ2) is 6.10. The van der Waals surface area contributed by atoms with Crippen molar-refractivity contribution in [2.45, 2.75) is 13.5 Å². The van der Waals surface area contributed by atoms with Gasteiger partial charge in [-0.15, -0.1) is 0 Å². The van der Waals surface area contributed by atoms with Crippen molar-refractivity contribution in [3.8, 4) is 5.75 Å². The molecule has 0 unspecified atom stereocenters. The number of aryl methyl sites for hydroxylation is 1. The maximum absolute atomic E-state index is 11.4. The summed E-state index contributed by atoms with van der Waals surface area (Å²) in [5, 5.41) is 15.3. The molecular weight excluding hydrogens is 252 g/mol. The topological polar surface area (TPSA) is 61.4 Å². The molecular formula is C16H18N2O2. The van der Waals surface area contributed by atoms with E-state index in [9.17, 15) is 9.90 Å². The Morgan fingerprint density at radius 2 is 1.85 bits per heavy atom. The molecule has 0 heterocycles. The van der Waals surface area contributed by atoms with Crippen LogP contribution >= 0.6 is 0 Å². The lowest BCUT2D eigenvalue weighted by molar-refractivity contribution is 0.0963. The average Bonchev–Trinajstić information content (AvgIpc) is 2.46. The van der Waals surface area contributed by atoms with Gasteiger partial charge in [0.2, 0.25) is 0 Å². The molecule has 1 amide bonds. The van der Waals surface area contributed by atoms with Gasteiger partial charge in [0.15, 0.2) is 0 Å². The van der Waals surface area contributed by atoms with E-state index in [0.29, 0.717) is 12.1 Å². The molecule has 0 radical (unpaired) electrons. The van der Waals surface area contributed by atoms with Crippen molar-refractivity contribution >= 4 is 11.6 Å². The molecule has 0 aromatic heterocycles. The van der Waals surface area contributed by atoms with Gasteiger partial charge in [0.05, 0.1) is 0 Å². The van der Waals surface area contributed by atoms with Gasteiger partial charge < -0.3 is 15.7 Å². The number of hydrogen-bond acceptors (Lipinski definition) is 3. The van der Waals surface area contributed by atoms with E-state index in [-0.39, 0.29) is 11.7 Å². The van der Waals surface area contributed by atoms with E-state index in [1.54, 1.807) is 31.3 Å². The molecule has 0 spiro atoms. The number of hydrogen-bond donors (Lipinski definition) is 3.